The van der Waals surface area contributed by atoms with Gasteiger partial charge in [-0.1, -0.05) is 156 Å². The van der Waals surface area contributed by atoms with Crippen LogP contribution in [-0.2, 0) is 16.5 Å². The summed E-state index contributed by atoms with van der Waals surface area (Å²) < 4.78 is 0. The Kier molecular flexibility index (Phi) is 13.9. The van der Waals surface area contributed by atoms with Gasteiger partial charge in [-0.3, -0.25) is 0 Å². The summed E-state index contributed by atoms with van der Waals surface area (Å²) in [4.78, 5) is 20.6. The van der Waals surface area contributed by atoms with Gasteiger partial charge >= 0.3 is 16.5 Å². The van der Waals surface area contributed by atoms with E-state index in [4.69, 9.17) is 19.9 Å². The van der Waals surface area contributed by atoms with Gasteiger partial charge in [0.2, 0.25) is 0 Å². The fourth-order valence-electron chi connectivity index (χ4n) is 10.2. The van der Waals surface area contributed by atoms with Crippen LogP contribution in [0.25, 0.3) is 68.6 Å². The minimum absolute atomic E-state index is 0. The van der Waals surface area contributed by atoms with E-state index in [2.05, 4.69) is 215 Å². The molecule has 0 N–H and O–H groups in total. The maximum Gasteiger partial charge on any atom is 2.00 e. The maximum atomic E-state index is 5.14. The van der Waals surface area contributed by atoms with E-state index in [-0.39, 0.29) is 16.5 Å². The van der Waals surface area contributed by atoms with Gasteiger partial charge in [0.25, 0.3) is 0 Å². The van der Waals surface area contributed by atoms with Gasteiger partial charge in [-0.15, -0.1) is 33.2 Å². The Balaban J connectivity index is 0.00000622. The van der Waals surface area contributed by atoms with Gasteiger partial charge in [0.1, 0.15) is 16.1 Å². The summed E-state index contributed by atoms with van der Waals surface area (Å²) in [5, 5.41) is 0. The molecule has 8 bridgehead atoms. The molecule has 4 nitrogen and oxygen atoms in total. The van der Waals surface area contributed by atoms with E-state index in [1.54, 1.807) is 0 Å². The van der Waals surface area contributed by atoms with E-state index in [9.17, 15) is 0 Å². The molecule has 0 spiro atoms. The number of nitrogens with zero attached hydrogens (tertiary/aromatic N) is 4. The van der Waals surface area contributed by atoms with Crippen molar-refractivity contribution in [3.63, 3.8) is 0 Å². The summed E-state index contributed by atoms with van der Waals surface area (Å²) in [6.07, 6.45) is 8.31. The number of fused-ring (bicyclic) bond motifs is 8. The largest absolute Gasteiger partial charge is 2.00 e. The van der Waals surface area contributed by atoms with Crippen LogP contribution in [0, 0.1) is 22.9 Å². The summed E-state index contributed by atoms with van der Waals surface area (Å²) in [5.41, 5.74) is 24.3. The molecule has 7 rings (SSSR count). The van der Waals surface area contributed by atoms with Crippen LogP contribution >= 0.6 is 0 Å². The predicted molar refractivity (Wildman–Crippen MR) is 264 cm³/mol. The van der Waals surface area contributed by atoms with Crippen molar-refractivity contribution in [2.24, 2.45) is 0 Å². The standard InChI is InChI=1S/C54H60N4Si2.Ni/c1-35(2)59(36(3)4,37(5)6)31-29-41-13-17-43(18-14-41)53-49-25-21-45(55-49)33-47-23-27-51(57-47)54(52-28-24-48(58-52)34-46-22-26-50(53)56-46)44-19-15-42(16-20-44)30-32-60(38(7)8,39(9)10)40(11)12;/h13-28,33-40H,1-12H3;/q-2;+2. The average Bonchev–Trinajstić information content (AvgIpc) is 4.03. The van der Waals surface area contributed by atoms with Crippen molar-refractivity contribution in [2.75, 3.05) is 0 Å². The van der Waals surface area contributed by atoms with Crippen molar-refractivity contribution in [3.8, 4) is 45.2 Å². The maximum absolute atomic E-state index is 5.14. The molecule has 314 valence electrons. The second kappa shape index (κ2) is 18.6. The Morgan fingerprint density at radius 1 is 0.426 bits per heavy atom. The van der Waals surface area contributed by atoms with Crippen LogP contribution in [-0.4, -0.2) is 26.1 Å². The van der Waals surface area contributed by atoms with E-state index in [0.717, 1.165) is 78.2 Å². The van der Waals surface area contributed by atoms with Crippen molar-refractivity contribution in [1.82, 2.24) is 19.9 Å². The smallest absolute Gasteiger partial charge is 0.657 e. The first kappa shape index (κ1) is 45.6. The molecule has 2 aliphatic heterocycles. The van der Waals surface area contributed by atoms with Gasteiger partial charge in [0.15, 0.2) is 0 Å². The third-order valence-corrected chi connectivity index (χ3v) is 25.8. The minimum Gasteiger partial charge on any atom is -0.657 e. The predicted octanol–water partition coefficient (Wildman–Crippen LogP) is 14.4. The van der Waals surface area contributed by atoms with E-state index in [1.165, 1.54) is 0 Å². The van der Waals surface area contributed by atoms with Crippen LogP contribution in [0.3, 0.4) is 0 Å². The molecule has 0 amide bonds. The van der Waals surface area contributed by atoms with Crippen LogP contribution in [0.5, 0.6) is 0 Å². The Labute approximate surface area is 377 Å². The van der Waals surface area contributed by atoms with Crippen molar-refractivity contribution in [3.05, 3.63) is 119 Å². The van der Waals surface area contributed by atoms with Crippen LogP contribution < -0.4 is 9.97 Å². The summed E-state index contributed by atoms with van der Waals surface area (Å²) in [6, 6.07) is 29.7. The molecule has 0 saturated carbocycles. The molecule has 5 heterocycles. The van der Waals surface area contributed by atoms with Gasteiger partial charge in [-0.05, 0) is 98.5 Å². The molecular weight excluding hydrogens is 819 g/mol. The summed E-state index contributed by atoms with van der Waals surface area (Å²) in [6.45, 7) is 28.3. The Hall–Kier alpha value is -4.91. The summed E-state index contributed by atoms with van der Waals surface area (Å²) in [5.74, 6) is 7.24. The zero-order valence-electron chi connectivity index (χ0n) is 38.0. The molecule has 0 saturated heterocycles. The average molecular weight is 880 g/mol. The molecule has 7 heteroatoms. The van der Waals surface area contributed by atoms with Crippen molar-refractivity contribution in [1.29, 1.82) is 0 Å². The fraction of sp³-hybridized carbons (Fsp3) is 0.333. The molecule has 2 aliphatic rings. The quantitative estimate of drug-likeness (QED) is 0.113. The second-order valence-electron chi connectivity index (χ2n) is 18.5. The third-order valence-electron chi connectivity index (χ3n) is 13.2. The van der Waals surface area contributed by atoms with E-state index in [1.807, 2.05) is 0 Å². The van der Waals surface area contributed by atoms with Gasteiger partial charge in [0, 0.05) is 16.7 Å². The zero-order chi connectivity index (χ0) is 42.9. The van der Waals surface area contributed by atoms with Crippen molar-refractivity contribution >= 4 is 62.5 Å². The van der Waals surface area contributed by atoms with Gasteiger partial charge in [-0.2, -0.15) is 0 Å². The van der Waals surface area contributed by atoms with E-state index >= 15 is 0 Å². The second-order valence-corrected chi connectivity index (χ2v) is 29.7. The topological polar surface area (TPSA) is 54.0 Å². The minimum atomic E-state index is -1.85. The molecule has 0 aliphatic carbocycles. The molecule has 0 atom stereocenters. The number of hydrogen-bond acceptors (Lipinski definition) is 2. The van der Waals surface area contributed by atoms with Crippen LogP contribution in [0.1, 0.15) is 117 Å². The number of aromatic nitrogens is 4. The summed E-state index contributed by atoms with van der Waals surface area (Å²) in [7, 11) is -3.70. The number of rotatable bonds is 8. The molecule has 3 aromatic heterocycles. The normalized spacial score (nSPS) is 12.6. The first-order valence-electron chi connectivity index (χ1n) is 21.9. The summed E-state index contributed by atoms with van der Waals surface area (Å²) >= 11 is 0. The molecule has 61 heavy (non-hydrogen) atoms. The first-order valence-corrected chi connectivity index (χ1v) is 26.4. The molecule has 0 fully saturated rings. The molecular formula is C54H60N4NiSi2. The Bertz CT molecular complexity index is 2600. The first-order chi connectivity index (χ1) is 28.6. The van der Waals surface area contributed by atoms with Crippen LogP contribution in [0.2, 0.25) is 33.2 Å². The monoisotopic (exact) mass is 878 g/mol. The van der Waals surface area contributed by atoms with Gasteiger partial charge < -0.3 is 9.97 Å². The molecule has 0 unspecified atom stereocenters. The number of hydrogen-bond donors (Lipinski definition) is 0. The van der Waals surface area contributed by atoms with E-state index in [0.29, 0.717) is 33.2 Å². The van der Waals surface area contributed by atoms with Gasteiger partial charge in [-0.25, -0.2) is 9.97 Å². The van der Waals surface area contributed by atoms with Crippen molar-refractivity contribution in [2.45, 2.75) is 116 Å². The third kappa shape index (κ3) is 9.03. The Morgan fingerprint density at radius 2 is 0.770 bits per heavy atom. The van der Waals surface area contributed by atoms with E-state index < -0.39 is 16.1 Å². The Morgan fingerprint density at radius 3 is 1.11 bits per heavy atom. The fourth-order valence-corrected chi connectivity index (χ4v) is 20.7. The van der Waals surface area contributed by atoms with Gasteiger partial charge in [0.05, 0.1) is 22.8 Å². The molecule has 5 aromatic rings. The van der Waals surface area contributed by atoms with Crippen LogP contribution in [0.15, 0.2) is 84.9 Å². The van der Waals surface area contributed by atoms with Crippen LogP contribution in [0.4, 0.5) is 0 Å². The molecule has 0 radical (unpaired) electrons. The zero-order valence-corrected chi connectivity index (χ0v) is 40.9. The SMILES string of the molecule is CC(C)[Si](C#Cc1ccc(-c2c3nc(cc4ccc([n-]4)c(-c4ccc(C#C[Si](C(C)C)(C(C)C)C(C)C)cc4)c4ccc(cc5nc2C=C5)[n-]4)C=C3)cc1)(C(C)C)C(C)C.[Ni+2]. The van der Waals surface area contributed by atoms with Crippen molar-refractivity contribution < 1.29 is 16.5 Å². The number of benzene rings is 2. The molecule has 2 aromatic carbocycles.